The summed E-state index contributed by atoms with van der Waals surface area (Å²) in [6, 6.07) is -0.165. The van der Waals surface area contributed by atoms with Crippen LogP contribution in [0.1, 0.15) is 38.5 Å². The van der Waals surface area contributed by atoms with Crippen molar-refractivity contribution in [2.75, 3.05) is 19.6 Å². The molecule has 0 bridgehead atoms. The van der Waals surface area contributed by atoms with Gasteiger partial charge in [0.1, 0.15) is 6.54 Å². The molecule has 1 aliphatic heterocycles. The van der Waals surface area contributed by atoms with Crippen LogP contribution in [-0.2, 0) is 4.79 Å². The molecule has 0 atom stereocenters. The van der Waals surface area contributed by atoms with Crippen LogP contribution in [0, 0.1) is 5.92 Å². The minimum Gasteiger partial charge on any atom is -0.331 e. The lowest BCUT2D eigenvalue weighted by molar-refractivity contribution is -0.162. The van der Waals surface area contributed by atoms with E-state index >= 15 is 0 Å². The van der Waals surface area contributed by atoms with E-state index in [-0.39, 0.29) is 18.4 Å². The fourth-order valence-corrected chi connectivity index (χ4v) is 2.64. The molecule has 0 aromatic heterocycles. The van der Waals surface area contributed by atoms with Gasteiger partial charge >= 0.3 is 6.18 Å². The van der Waals surface area contributed by atoms with E-state index in [0.717, 1.165) is 50.1 Å². The lowest BCUT2D eigenvalue weighted by Crippen LogP contribution is -2.40. The van der Waals surface area contributed by atoms with E-state index in [1.165, 1.54) is 0 Å². The van der Waals surface area contributed by atoms with Gasteiger partial charge in [0, 0.05) is 12.5 Å². The molecule has 2 fully saturated rings. The first-order valence-electron chi connectivity index (χ1n) is 7.02. The second-order valence-electron chi connectivity index (χ2n) is 5.60. The van der Waals surface area contributed by atoms with Crippen molar-refractivity contribution in [1.82, 2.24) is 10.2 Å². The predicted molar refractivity (Wildman–Crippen MR) is 65.6 cm³/mol. The second kappa shape index (κ2) is 6.11. The molecule has 1 aliphatic carbocycles. The Morgan fingerprint density at radius 1 is 1.16 bits per heavy atom. The maximum absolute atomic E-state index is 12.4. The largest absolute Gasteiger partial charge is 0.406 e. The highest BCUT2D eigenvalue weighted by atomic mass is 19.4. The van der Waals surface area contributed by atoms with E-state index in [1.54, 1.807) is 0 Å². The molecule has 1 amide bonds. The van der Waals surface area contributed by atoms with E-state index in [1.807, 2.05) is 0 Å². The summed E-state index contributed by atoms with van der Waals surface area (Å²) in [5, 5.41) is 3.24. The average molecular weight is 278 g/mol. The number of nitrogens with one attached hydrogen (secondary N) is 1. The SMILES string of the molecule is O=C(CCC1CCNCC1)N(CC(F)(F)F)C1CC1. The minimum atomic E-state index is -4.28. The number of carbonyl (C=O) groups excluding carboxylic acids is 1. The zero-order valence-electron chi connectivity index (χ0n) is 11.0. The Labute approximate surface area is 111 Å². The fourth-order valence-electron chi connectivity index (χ4n) is 2.64. The van der Waals surface area contributed by atoms with Crippen molar-refractivity contribution >= 4 is 5.91 Å². The molecule has 1 saturated heterocycles. The number of hydrogen-bond donors (Lipinski definition) is 1. The highest BCUT2D eigenvalue weighted by Gasteiger charge is 2.40. The Bertz CT molecular complexity index is 310. The summed E-state index contributed by atoms with van der Waals surface area (Å²) in [6.45, 7) is 0.824. The van der Waals surface area contributed by atoms with Gasteiger partial charge in [-0.05, 0) is 51.1 Å². The Kier molecular flexibility index (Phi) is 4.71. The molecular weight excluding hydrogens is 257 g/mol. The van der Waals surface area contributed by atoms with Gasteiger partial charge in [-0.2, -0.15) is 13.2 Å². The molecule has 1 heterocycles. The van der Waals surface area contributed by atoms with Crippen molar-refractivity contribution in [2.45, 2.75) is 50.7 Å². The van der Waals surface area contributed by atoms with Gasteiger partial charge in [-0.1, -0.05) is 0 Å². The maximum Gasteiger partial charge on any atom is 0.406 e. The lowest BCUT2D eigenvalue weighted by Gasteiger charge is -2.26. The molecule has 2 rings (SSSR count). The van der Waals surface area contributed by atoms with Crippen LogP contribution >= 0.6 is 0 Å². The van der Waals surface area contributed by atoms with Crippen LogP contribution < -0.4 is 5.32 Å². The molecule has 1 N–H and O–H groups in total. The van der Waals surface area contributed by atoms with E-state index in [0.29, 0.717) is 5.92 Å². The first-order valence-corrected chi connectivity index (χ1v) is 7.02. The molecule has 0 radical (unpaired) electrons. The van der Waals surface area contributed by atoms with Crippen molar-refractivity contribution in [1.29, 1.82) is 0 Å². The van der Waals surface area contributed by atoms with E-state index in [9.17, 15) is 18.0 Å². The lowest BCUT2D eigenvalue weighted by atomic mass is 9.93. The number of nitrogens with zero attached hydrogens (tertiary/aromatic N) is 1. The number of amides is 1. The zero-order chi connectivity index (χ0) is 13.9. The van der Waals surface area contributed by atoms with Crippen molar-refractivity contribution in [2.24, 2.45) is 5.92 Å². The van der Waals surface area contributed by atoms with E-state index in [4.69, 9.17) is 0 Å². The molecule has 0 spiro atoms. The third-order valence-corrected chi connectivity index (χ3v) is 3.88. The van der Waals surface area contributed by atoms with Gasteiger partial charge in [0.25, 0.3) is 0 Å². The standard InChI is InChI=1S/C13H21F3N2O/c14-13(15,16)9-18(11-2-3-11)12(19)4-1-10-5-7-17-8-6-10/h10-11,17H,1-9H2. The molecule has 19 heavy (non-hydrogen) atoms. The summed E-state index contributed by atoms with van der Waals surface area (Å²) in [4.78, 5) is 13.0. The van der Waals surface area contributed by atoms with Gasteiger partial charge in [0.2, 0.25) is 5.91 Å². The third kappa shape index (κ3) is 5.01. The molecule has 110 valence electrons. The minimum absolute atomic E-state index is 0.165. The van der Waals surface area contributed by atoms with Gasteiger partial charge in [-0.15, -0.1) is 0 Å². The monoisotopic (exact) mass is 278 g/mol. The van der Waals surface area contributed by atoms with Crippen LogP contribution in [0.15, 0.2) is 0 Å². The molecule has 0 unspecified atom stereocenters. The number of hydrogen-bond acceptors (Lipinski definition) is 2. The van der Waals surface area contributed by atoms with E-state index in [2.05, 4.69) is 5.32 Å². The van der Waals surface area contributed by atoms with Crippen molar-refractivity contribution < 1.29 is 18.0 Å². The summed E-state index contributed by atoms with van der Waals surface area (Å²) in [7, 11) is 0. The maximum atomic E-state index is 12.4. The first-order chi connectivity index (χ1) is 8.96. The Balaban J connectivity index is 1.78. The zero-order valence-corrected chi connectivity index (χ0v) is 11.0. The van der Waals surface area contributed by atoms with Crippen LogP contribution in [0.5, 0.6) is 0 Å². The molecule has 3 nitrogen and oxygen atoms in total. The van der Waals surface area contributed by atoms with Gasteiger partial charge < -0.3 is 10.2 Å². The quantitative estimate of drug-likeness (QED) is 0.837. The number of halogens is 3. The molecule has 6 heteroatoms. The summed E-state index contributed by atoms with van der Waals surface area (Å²) >= 11 is 0. The summed E-state index contributed by atoms with van der Waals surface area (Å²) in [5.41, 5.74) is 0. The highest BCUT2D eigenvalue weighted by Crippen LogP contribution is 2.31. The van der Waals surface area contributed by atoms with Crippen LogP contribution in [0.3, 0.4) is 0 Å². The average Bonchev–Trinajstić information content (AvgIpc) is 3.17. The Morgan fingerprint density at radius 2 is 1.79 bits per heavy atom. The van der Waals surface area contributed by atoms with Crippen molar-refractivity contribution in [3.05, 3.63) is 0 Å². The smallest absolute Gasteiger partial charge is 0.331 e. The molecule has 0 aromatic carbocycles. The van der Waals surface area contributed by atoms with Gasteiger partial charge in [-0.25, -0.2) is 0 Å². The predicted octanol–water partition coefficient (Wildman–Crippen LogP) is 2.32. The Morgan fingerprint density at radius 3 is 2.32 bits per heavy atom. The van der Waals surface area contributed by atoms with Gasteiger partial charge in [0.05, 0.1) is 0 Å². The number of alkyl halides is 3. The normalized spacial score (nSPS) is 21.4. The highest BCUT2D eigenvalue weighted by molar-refractivity contribution is 5.77. The summed E-state index contributed by atoms with van der Waals surface area (Å²) in [6.07, 6.45) is 0.183. The van der Waals surface area contributed by atoms with Crippen molar-refractivity contribution in [3.8, 4) is 0 Å². The van der Waals surface area contributed by atoms with Gasteiger partial charge in [-0.3, -0.25) is 4.79 Å². The van der Waals surface area contributed by atoms with Gasteiger partial charge in [0.15, 0.2) is 0 Å². The van der Waals surface area contributed by atoms with E-state index < -0.39 is 12.7 Å². The topological polar surface area (TPSA) is 32.3 Å². The van der Waals surface area contributed by atoms with Crippen LogP contribution in [0.4, 0.5) is 13.2 Å². The number of piperidine rings is 1. The molecule has 2 aliphatic rings. The third-order valence-electron chi connectivity index (χ3n) is 3.88. The summed E-state index contributed by atoms with van der Waals surface area (Å²) in [5.74, 6) is 0.162. The molecule has 1 saturated carbocycles. The fraction of sp³-hybridized carbons (Fsp3) is 0.923. The van der Waals surface area contributed by atoms with Crippen LogP contribution in [-0.4, -0.2) is 42.7 Å². The van der Waals surface area contributed by atoms with Crippen LogP contribution in [0.25, 0.3) is 0 Å². The number of carbonyl (C=O) groups is 1. The molecule has 0 aromatic rings. The number of rotatable bonds is 5. The molecular formula is C13H21F3N2O. The summed E-state index contributed by atoms with van der Waals surface area (Å²) < 4.78 is 37.3. The Hall–Kier alpha value is -0.780. The van der Waals surface area contributed by atoms with Crippen LogP contribution in [0.2, 0.25) is 0 Å². The first kappa shape index (κ1) is 14.6. The van der Waals surface area contributed by atoms with Crippen molar-refractivity contribution in [3.63, 3.8) is 0 Å². The second-order valence-corrected chi connectivity index (χ2v) is 5.60.